The van der Waals surface area contributed by atoms with E-state index in [0.29, 0.717) is 22.9 Å². The van der Waals surface area contributed by atoms with Crippen LogP contribution in [0.15, 0.2) is 23.4 Å². The molecule has 1 atom stereocenters. The number of fused-ring (bicyclic) bond motifs is 1. The van der Waals surface area contributed by atoms with Crippen molar-refractivity contribution < 1.29 is 13.6 Å². The molecule has 0 saturated heterocycles. The number of rotatable bonds is 6. The maximum absolute atomic E-state index is 13.4. The zero-order valence-corrected chi connectivity index (χ0v) is 16.9. The van der Waals surface area contributed by atoms with E-state index in [-0.39, 0.29) is 12.3 Å². The first-order valence-electron chi connectivity index (χ1n) is 8.81. The summed E-state index contributed by atoms with van der Waals surface area (Å²) in [7, 11) is 0. The molecule has 2 heterocycles. The largest absolute Gasteiger partial charge is 0.350 e. The fourth-order valence-corrected chi connectivity index (χ4v) is 3.39. The van der Waals surface area contributed by atoms with Crippen molar-refractivity contribution in [1.82, 2.24) is 24.9 Å². The second kappa shape index (κ2) is 8.22. The van der Waals surface area contributed by atoms with Crippen LogP contribution < -0.4 is 5.32 Å². The Morgan fingerprint density at radius 1 is 1.25 bits per heavy atom. The van der Waals surface area contributed by atoms with Gasteiger partial charge in [0, 0.05) is 17.8 Å². The van der Waals surface area contributed by atoms with Crippen LogP contribution in [0.3, 0.4) is 0 Å². The van der Waals surface area contributed by atoms with Crippen LogP contribution in [-0.2, 0) is 11.2 Å². The third-order valence-electron chi connectivity index (χ3n) is 4.64. The minimum atomic E-state index is -0.929. The van der Waals surface area contributed by atoms with Crippen molar-refractivity contribution in [2.24, 2.45) is 0 Å². The average Bonchev–Trinajstić information content (AvgIpc) is 3.07. The molecule has 148 valence electrons. The summed E-state index contributed by atoms with van der Waals surface area (Å²) in [5.74, 6) is -1.48. The number of nitrogens with one attached hydrogen (secondary N) is 1. The molecule has 0 aliphatic heterocycles. The molecule has 0 fully saturated rings. The topological polar surface area (TPSA) is 72.2 Å². The molecule has 0 aliphatic rings. The van der Waals surface area contributed by atoms with E-state index in [1.165, 1.54) is 17.8 Å². The lowest BCUT2D eigenvalue weighted by Crippen LogP contribution is -2.27. The van der Waals surface area contributed by atoms with Crippen molar-refractivity contribution in [2.75, 3.05) is 6.26 Å². The van der Waals surface area contributed by atoms with Gasteiger partial charge in [-0.1, -0.05) is 17.8 Å². The van der Waals surface area contributed by atoms with E-state index in [1.807, 2.05) is 20.1 Å². The number of hydrogen-bond donors (Lipinski definition) is 1. The number of carbonyl (C=O) groups excluding carboxylic acids is 1. The predicted molar refractivity (Wildman–Crippen MR) is 103 cm³/mol. The van der Waals surface area contributed by atoms with Crippen LogP contribution in [0.5, 0.6) is 0 Å². The normalized spacial score (nSPS) is 12.4. The fourth-order valence-electron chi connectivity index (χ4n) is 3.06. The Bertz CT molecular complexity index is 1040. The molecule has 0 spiro atoms. The monoisotopic (exact) mass is 405 g/mol. The Kier molecular flexibility index (Phi) is 5.93. The van der Waals surface area contributed by atoms with Gasteiger partial charge in [-0.3, -0.25) is 4.79 Å². The standard InChI is InChI=1S/C19H21F2N5OS/c1-10(13-5-7-15(20)16(21)9-13)22-17(27)8-6-14-11(2)23-18-24-19(28-4)25-26(18)12(14)3/h5,7,9-10H,6,8H2,1-4H3,(H,22,27). The zero-order chi connectivity index (χ0) is 20.4. The summed E-state index contributed by atoms with van der Waals surface area (Å²) in [6.45, 7) is 5.54. The molecule has 0 aliphatic carbocycles. The summed E-state index contributed by atoms with van der Waals surface area (Å²) in [4.78, 5) is 21.2. The van der Waals surface area contributed by atoms with E-state index >= 15 is 0 Å². The number of carbonyl (C=O) groups is 1. The van der Waals surface area contributed by atoms with E-state index in [1.54, 1.807) is 11.4 Å². The number of amides is 1. The van der Waals surface area contributed by atoms with Gasteiger partial charge in [0.15, 0.2) is 11.6 Å². The van der Waals surface area contributed by atoms with Crippen LogP contribution in [0.1, 0.15) is 41.9 Å². The zero-order valence-electron chi connectivity index (χ0n) is 16.1. The Morgan fingerprint density at radius 3 is 2.68 bits per heavy atom. The van der Waals surface area contributed by atoms with Crippen molar-refractivity contribution in [3.05, 3.63) is 52.3 Å². The van der Waals surface area contributed by atoms with Gasteiger partial charge >= 0.3 is 0 Å². The molecule has 0 radical (unpaired) electrons. The number of aromatic nitrogens is 4. The summed E-state index contributed by atoms with van der Waals surface area (Å²) < 4.78 is 28.1. The number of thioether (sulfide) groups is 1. The first-order chi connectivity index (χ1) is 13.3. The van der Waals surface area contributed by atoms with Crippen LogP contribution >= 0.6 is 11.8 Å². The summed E-state index contributed by atoms with van der Waals surface area (Å²) >= 11 is 1.44. The van der Waals surface area contributed by atoms with Crippen LogP contribution in [-0.4, -0.2) is 31.7 Å². The molecule has 1 N–H and O–H groups in total. The lowest BCUT2D eigenvalue weighted by atomic mass is 10.1. The SMILES string of the molecule is CSc1nc2nc(C)c(CCC(=O)NC(C)c3ccc(F)c(F)c3)c(C)n2n1. The van der Waals surface area contributed by atoms with Crippen LogP contribution in [0.4, 0.5) is 8.78 Å². The van der Waals surface area contributed by atoms with Crippen molar-refractivity contribution in [1.29, 1.82) is 0 Å². The summed E-state index contributed by atoms with van der Waals surface area (Å²) in [5, 5.41) is 7.86. The van der Waals surface area contributed by atoms with Crippen LogP contribution in [0, 0.1) is 25.5 Å². The molecule has 1 unspecified atom stereocenters. The van der Waals surface area contributed by atoms with E-state index < -0.39 is 17.7 Å². The Morgan fingerprint density at radius 2 is 2.00 bits per heavy atom. The van der Waals surface area contributed by atoms with Crippen molar-refractivity contribution in [3.8, 4) is 0 Å². The van der Waals surface area contributed by atoms with E-state index in [2.05, 4.69) is 20.4 Å². The van der Waals surface area contributed by atoms with Gasteiger partial charge in [0.1, 0.15) is 0 Å². The Labute approximate surface area is 165 Å². The maximum Gasteiger partial charge on any atom is 0.253 e. The molecule has 0 bridgehead atoms. The van der Waals surface area contributed by atoms with Gasteiger partial charge < -0.3 is 5.32 Å². The third kappa shape index (κ3) is 4.14. The Balaban J connectivity index is 1.69. The minimum Gasteiger partial charge on any atom is -0.350 e. The molecule has 6 nitrogen and oxygen atoms in total. The summed E-state index contributed by atoms with van der Waals surface area (Å²) in [5.41, 5.74) is 3.17. The van der Waals surface area contributed by atoms with Gasteiger partial charge in [-0.15, -0.1) is 5.10 Å². The number of nitrogens with zero attached hydrogens (tertiary/aromatic N) is 4. The number of aryl methyl sites for hydroxylation is 2. The molecule has 1 aromatic carbocycles. The molecule has 3 aromatic rings. The van der Waals surface area contributed by atoms with Gasteiger partial charge in [0.05, 0.1) is 6.04 Å². The Hall–Kier alpha value is -2.55. The molecular weight excluding hydrogens is 384 g/mol. The van der Waals surface area contributed by atoms with E-state index in [9.17, 15) is 13.6 Å². The van der Waals surface area contributed by atoms with E-state index in [4.69, 9.17) is 0 Å². The highest BCUT2D eigenvalue weighted by atomic mass is 32.2. The highest BCUT2D eigenvalue weighted by Gasteiger charge is 2.16. The van der Waals surface area contributed by atoms with Gasteiger partial charge in [0.25, 0.3) is 5.78 Å². The molecule has 28 heavy (non-hydrogen) atoms. The molecule has 2 aromatic heterocycles. The molecule has 0 saturated carbocycles. The van der Waals surface area contributed by atoms with Crippen molar-refractivity contribution in [2.45, 2.75) is 44.8 Å². The first kappa shape index (κ1) is 20.2. The second-order valence-corrected chi connectivity index (χ2v) is 7.31. The third-order valence-corrected chi connectivity index (χ3v) is 5.17. The highest BCUT2D eigenvalue weighted by Crippen LogP contribution is 2.19. The van der Waals surface area contributed by atoms with Crippen molar-refractivity contribution >= 4 is 23.4 Å². The van der Waals surface area contributed by atoms with Crippen LogP contribution in [0.25, 0.3) is 5.78 Å². The predicted octanol–water partition coefficient (Wildman–Crippen LogP) is 3.55. The molecule has 9 heteroatoms. The van der Waals surface area contributed by atoms with Gasteiger partial charge in [-0.2, -0.15) is 4.98 Å². The summed E-state index contributed by atoms with van der Waals surface area (Å²) in [6, 6.07) is 3.19. The average molecular weight is 405 g/mol. The molecule has 3 rings (SSSR count). The smallest absolute Gasteiger partial charge is 0.253 e. The second-order valence-electron chi connectivity index (χ2n) is 6.53. The van der Waals surface area contributed by atoms with E-state index in [0.717, 1.165) is 29.1 Å². The minimum absolute atomic E-state index is 0.181. The fraction of sp³-hybridized carbons (Fsp3) is 0.368. The first-order valence-corrected chi connectivity index (χ1v) is 10.0. The van der Waals surface area contributed by atoms with Gasteiger partial charge in [-0.25, -0.2) is 18.3 Å². The summed E-state index contributed by atoms with van der Waals surface area (Å²) in [6.07, 6.45) is 2.63. The quantitative estimate of drug-likeness (QED) is 0.635. The lowest BCUT2D eigenvalue weighted by molar-refractivity contribution is -0.121. The number of hydrogen-bond acceptors (Lipinski definition) is 5. The van der Waals surface area contributed by atoms with Crippen LogP contribution in [0.2, 0.25) is 0 Å². The highest BCUT2D eigenvalue weighted by molar-refractivity contribution is 7.98. The number of benzene rings is 1. The van der Waals surface area contributed by atoms with Gasteiger partial charge in [0.2, 0.25) is 11.1 Å². The van der Waals surface area contributed by atoms with Gasteiger partial charge in [-0.05, 0) is 56.7 Å². The van der Waals surface area contributed by atoms with Crippen molar-refractivity contribution in [3.63, 3.8) is 0 Å². The lowest BCUT2D eigenvalue weighted by Gasteiger charge is -2.15. The molecular formula is C19H21F2N5OS. The maximum atomic E-state index is 13.4. The molecule has 1 amide bonds. The number of halogens is 2.